The molecule has 2 bridgehead atoms. The largest absolute Gasteiger partial charge is 0.460 e. The number of hydrogen-bond donors (Lipinski definition) is 7. The number of aryl methyl sites for hydroxylation is 2. The number of nitrogens with one attached hydrogen (secondary N) is 1. The summed E-state index contributed by atoms with van der Waals surface area (Å²) in [5.74, 6) is -7.52. The van der Waals surface area contributed by atoms with Crippen molar-refractivity contribution in [1.82, 2.24) is 49.9 Å². The number of amides is 2. The zero-order valence-electron chi connectivity index (χ0n) is 75.9. The molecule has 0 spiro atoms. The number of ether oxygens (including phenoxy) is 13. The molecule has 1 saturated carbocycles. The van der Waals surface area contributed by atoms with Crippen LogP contribution >= 0.6 is 0 Å². The highest BCUT2D eigenvalue weighted by atomic mass is 16.6. The molecular formula is C91H141N13O23. The minimum absolute atomic E-state index is 0.0112. The number of rotatable bonds is 44. The van der Waals surface area contributed by atoms with Crippen LogP contribution in [0, 0.1) is 29.6 Å². The zero-order valence-corrected chi connectivity index (χ0v) is 75.9. The van der Waals surface area contributed by atoms with E-state index in [1.807, 2.05) is 62.6 Å². The fourth-order valence-electron chi connectivity index (χ4n) is 15.7. The average Bonchev–Trinajstić information content (AvgIpc) is 1.65. The van der Waals surface area contributed by atoms with Crippen LogP contribution in [0.1, 0.15) is 163 Å². The van der Waals surface area contributed by atoms with Gasteiger partial charge in [0.25, 0.3) is 17.7 Å². The molecule has 0 unspecified atom stereocenters. The van der Waals surface area contributed by atoms with E-state index in [-0.39, 0.29) is 79.7 Å². The summed E-state index contributed by atoms with van der Waals surface area (Å²) >= 11 is 0. The first-order chi connectivity index (χ1) is 61.3. The summed E-state index contributed by atoms with van der Waals surface area (Å²) in [6.07, 6.45) is 17.9. The number of nitrogens with two attached hydrogens (primary N) is 3. The first-order valence-corrected chi connectivity index (χ1v) is 45.1. The van der Waals surface area contributed by atoms with Crippen molar-refractivity contribution in [2.45, 2.75) is 231 Å². The zero-order chi connectivity index (χ0) is 91.5. The number of nitrogens with zero attached hydrogens (tertiary/aromatic N) is 9. The number of Topliss-reactive ketones (excluding diaryl/α,β-unsaturated/α-hetero) is 3. The number of carbonyl (C=O) groups is 6. The van der Waals surface area contributed by atoms with Gasteiger partial charge in [0.1, 0.15) is 47.5 Å². The molecule has 6 heterocycles. The monoisotopic (exact) mass is 1780 g/mol. The number of aliphatic hydroxyl groups excluding tert-OH is 2. The van der Waals surface area contributed by atoms with Crippen LogP contribution in [0.15, 0.2) is 82.7 Å². The summed E-state index contributed by atoms with van der Waals surface area (Å²) in [6, 6.07) is 4.83. The maximum absolute atomic E-state index is 14.1. The molecule has 5 aromatic rings. The minimum atomic E-state index is -2.33. The van der Waals surface area contributed by atoms with E-state index in [4.69, 9.17) is 88.3 Å². The lowest BCUT2D eigenvalue weighted by atomic mass is 9.80. The molecule has 4 aromatic heterocycles. The Morgan fingerprint density at radius 3 is 2.07 bits per heavy atom. The third kappa shape index (κ3) is 35.2. The summed E-state index contributed by atoms with van der Waals surface area (Å²) in [5, 5.41) is 51.2. The van der Waals surface area contributed by atoms with Gasteiger partial charge in [0.15, 0.2) is 17.0 Å². The van der Waals surface area contributed by atoms with Gasteiger partial charge >= 0.3 is 5.97 Å². The Kier molecular flexibility index (Phi) is 46.2. The molecule has 1 aliphatic carbocycles. The lowest BCUT2D eigenvalue weighted by molar-refractivity contribution is -0.265. The summed E-state index contributed by atoms with van der Waals surface area (Å²) < 4.78 is 84.3. The molecule has 1 aromatic carbocycles. The molecule has 2 amide bonds. The maximum Gasteiger partial charge on any atom is 0.306 e. The second-order valence-electron chi connectivity index (χ2n) is 33.4. The van der Waals surface area contributed by atoms with E-state index in [2.05, 4.69) is 30.6 Å². The van der Waals surface area contributed by atoms with Crippen molar-refractivity contribution in [3.63, 3.8) is 0 Å². The molecule has 0 radical (unpaired) electrons. The Morgan fingerprint density at radius 2 is 1.39 bits per heavy atom. The lowest BCUT2D eigenvalue weighted by Crippen LogP contribution is -2.57. The topological polar surface area (TPSA) is 477 Å². The number of hydrogen-bond acceptors (Lipinski definition) is 32. The molecule has 1 saturated heterocycles. The molecule has 36 heteroatoms. The number of aliphatic hydroxyl groups is 3. The average molecular weight is 1790 g/mol. The van der Waals surface area contributed by atoms with Crippen molar-refractivity contribution in [3.05, 3.63) is 84.0 Å². The van der Waals surface area contributed by atoms with Crippen molar-refractivity contribution in [2.75, 3.05) is 158 Å². The predicted molar refractivity (Wildman–Crippen MR) is 473 cm³/mol. The number of fused-ring (bicyclic) bond motifs is 4. The van der Waals surface area contributed by atoms with Crippen LogP contribution in [0.2, 0.25) is 0 Å². The van der Waals surface area contributed by atoms with Gasteiger partial charge in [-0.15, -0.1) is 5.10 Å². The molecule has 2 aliphatic heterocycles. The van der Waals surface area contributed by atoms with Gasteiger partial charge in [-0.25, -0.2) is 19.3 Å². The number of benzene rings is 1. The van der Waals surface area contributed by atoms with Crippen LogP contribution in [0.4, 0.5) is 11.8 Å². The van der Waals surface area contributed by atoms with Crippen molar-refractivity contribution in [2.24, 2.45) is 35.3 Å². The number of oxazole rings is 1. The summed E-state index contributed by atoms with van der Waals surface area (Å²) in [6.45, 7) is 19.4. The van der Waals surface area contributed by atoms with Crippen molar-refractivity contribution in [3.8, 4) is 11.3 Å². The SMILES string of the molecule is CO[C@H]1C[C@@H]2CC[C@@H](C)[C@@](O)(O2)C(=O)C(=O)N(C)CCCCCC(=O)O[C@H]([C@H](N)C[C@@H]2CC[C@@H](OCCCCc3cn(CCOCCOCCOCCOCCOCCOCCOCCOCCC(=O)NCCCCn4nc(-c5ccc6oc(N)nc6c5)c5c(N)ncnc54)nn3)[C@H](OC)C2)CC(=O)[C@H](C)/C=C(\C)[C@@H](O)[C@@H](O)C(=O)[C@H](C)C[C@H](C)/C=C/C=C/C=C/1C. The van der Waals surface area contributed by atoms with Gasteiger partial charge in [-0.3, -0.25) is 28.8 Å². The number of unbranched alkanes of at least 4 members (excludes halogenated alkanes) is 2. The molecule has 8 rings (SSSR count). The lowest BCUT2D eigenvalue weighted by Gasteiger charge is -2.41. The summed E-state index contributed by atoms with van der Waals surface area (Å²) in [5.41, 5.74) is 24.2. The van der Waals surface area contributed by atoms with E-state index in [0.717, 1.165) is 55.4 Å². The van der Waals surface area contributed by atoms with E-state index < -0.39 is 83.5 Å². The van der Waals surface area contributed by atoms with Crippen LogP contribution < -0.4 is 22.5 Å². The number of esters is 1. The van der Waals surface area contributed by atoms with Gasteiger partial charge in [-0.05, 0) is 145 Å². The number of anilines is 2. The Bertz CT molecular complexity index is 4270. The first kappa shape index (κ1) is 104. The minimum Gasteiger partial charge on any atom is -0.460 e. The van der Waals surface area contributed by atoms with Crippen molar-refractivity contribution >= 4 is 69.1 Å². The number of carbonyl (C=O) groups excluding carboxylic acids is 6. The van der Waals surface area contributed by atoms with E-state index in [1.54, 1.807) is 57.3 Å². The van der Waals surface area contributed by atoms with Crippen LogP contribution in [0.25, 0.3) is 33.4 Å². The highest BCUT2D eigenvalue weighted by molar-refractivity contribution is 6.38. The van der Waals surface area contributed by atoms with E-state index in [0.29, 0.717) is 223 Å². The quantitative estimate of drug-likeness (QED) is 0.00848. The van der Waals surface area contributed by atoms with Gasteiger partial charge in [-0.1, -0.05) is 75.8 Å². The second-order valence-corrected chi connectivity index (χ2v) is 33.4. The Labute approximate surface area is 745 Å². The number of nitrogen functional groups attached to an aromatic ring is 2. The smallest absolute Gasteiger partial charge is 0.306 e. The third-order valence-electron chi connectivity index (χ3n) is 23.3. The maximum atomic E-state index is 14.1. The molecular weight excluding hydrogens is 1640 g/mol. The fourth-order valence-corrected chi connectivity index (χ4v) is 15.7. The van der Waals surface area contributed by atoms with Crippen molar-refractivity contribution in [1.29, 1.82) is 0 Å². The summed E-state index contributed by atoms with van der Waals surface area (Å²) in [7, 11) is 4.73. The molecule has 10 N–H and O–H groups in total. The number of aromatic nitrogens is 8. The molecule has 3 aliphatic rings. The van der Waals surface area contributed by atoms with Gasteiger partial charge in [0, 0.05) is 109 Å². The molecule has 127 heavy (non-hydrogen) atoms. The van der Waals surface area contributed by atoms with Crippen LogP contribution in [0.3, 0.4) is 0 Å². The van der Waals surface area contributed by atoms with Gasteiger partial charge in [0.05, 0.1) is 148 Å². The number of allylic oxidation sites excluding steroid dienone is 6. The Balaban J connectivity index is 0.619. The van der Waals surface area contributed by atoms with E-state index in [9.17, 15) is 44.1 Å². The highest BCUT2D eigenvalue weighted by Crippen LogP contribution is 2.38. The van der Waals surface area contributed by atoms with Crippen LogP contribution in [-0.4, -0.2) is 296 Å². The Morgan fingerprint density at radius 1 is 0.717 bits per heavy atom. The Hall–Kier alpha value is -8.28. The number of ketones is 3. The highest BCUT2D eigenvalue weighted by Gasteiger charge is 2.51. The van der Waals surface area contributed by atoms with Crippen LogP contribution in [0.5, 0.6) is 0 Å². The van der Waals surface area contributed by atoms with Gasteiger partial charge in [-0.2, -0.15) is 10.1 Å². The number of likely N-dealkylation sites (N-methyl/N-ethyl adjacent to an activating group) is 1. The number of cyclic esters (lactones) is 1. The van der Waals surface area contributed by atoms with E-state index in [1.165, 1.54) is 24.4 Å². The normalized spacial score (nSPS) is 25.8. The standard InChI is InChI=1S/C91H141N13O23/c1-61-20-12-10-13-21-62(2)76(114-8)57-70-27-24-66(6)91(113,127-70)86(111)89(112)102(7)32-17-11-14-23-80(107)125-77(58-73(105)63(3)53-65(5)84(109)85(110)83(108)64(4)52-61)71(92)54-67-25-28-75(78(55-67)115-9)124-35-19-15-22-69-59-103(101-99-69)34-37-117-39-41-119-43-45-121-47-49-123-51-50-122-48-46-120-44-42-118-40-38-116-36-30-79(106)95-31-16-18-33-104-88-81(87(93)96-60-97-88)82(100-104)68-26-29-74-72(56-68)98-90(94)126-74/h10,12-13,20-21,26,29,53,56,59-61,63-64,66-67,70-71,75-78,84-85,109-110,113H,11,14-19,22-25,27-28,30-52,54-55,57-58,92H2,1-9H3,(H2,94,98)(H,95,106)(H2,93,96,97)/b13-10+,20-12+,62-21+,65-53+/t61-,63-,64-,66-,67+,70+,71-,75-,76+,77+,78-,84-,85+,91-/m1/s1. The molecule has 14 atom stereocenters. The molecule has 2 fully saturated rings. The number of methoxy groups -OCH3 is 2. The predicted octanol–water partition coefficient (Wildman–Crippen LogP) is 7.73. The first-order valence-electron chi connectivity index (χ1n) is 45.1. The van der Waals surface area contributed by atoms with Gasteiger partial charge < -0.3 is 109 Å². The second kappa shape index (κ2) is 56.3. The molecule has 36 nitrogen and oxygen atoms in total. The summed E-state index contributed by atoms with van der Waals surface area (Å²) in [4.78, 5) is 95.3. The van der Waals surface area contributed by atoms with Crippen molar-refractivity contribution < 1.29 is 110 Å². The van der Waals surface area contributed by atoms with Gasteiger partial charge in [0.2, 0.25) is 11.7 Å². The fraction of sp³-hybridized carbons (Fsp3) is 0.692. The third-order valence-corrected chi connectivity index (χ3v) is 23.3. The van der Waals surface area contributed by atoms with Crippen LogP contribution in [-0.2, 0) is 110 Å². The van der Waals surface area contributed by atoms with E-state index >= 15 is 0 Å². The molecule has 708 valence electrons.